The van der Waals surface area contributed by atoms with Crippen molar-refractivity contribution in [3.63, 3.8) is 0 Å². The van der Waals surface area contributed by atoms with E-state index in [1.807, 2.05) is 24.3 Å². The van der Waals surface area contributed by atoms with Gasteiger partial charge in [0.15, 0.2) is 0 Å². The first-order valence-electron chi connectivity index (χ1n) is 7.13. The summed E-state index contributed by atoms with van der Waals surface area (Å²) in [5.74, 6) is 0.430. The Morgan fingerprint density at radius 1 is 1.35 bits per heavy atom. The van der Waals surface area contributed by atoms with Crippen LogP contribution in [0.1, 0.15) is 28.8 Å². The lowest BCUT2D eigenvalue weighted by molar-refractivity contribution is 0.0546. The van der Waals surface area contributed by atoms with Gasteiger partial charge in [0.1, 0.15) is 0 Å². The number of esters is 1. The Bertz CT molecular complexity index is 441. The summed E-state index contributed by atoms with van der Waals surface area (Å²) in [7, 11) is 3.52. The Labute approximate surface area is 120 Å². The third kappa shape index (κ3) is 4.05. The van der Waals surface area contributed by atoms with Crippen LogP contribution in [0.5, 0.6) is 0 Å². The van der Waals surface area contributed by atoms with Crippen molar-refractivity contribution in [3.8, 4) is 0 Å². The first kappa shape index (κ1) is 15.0. The van der Waals surface area contributed by atoms with Crippen molar-refractivity contribution in [2.45, 2.75) is 19.4 Å². The van der Waals surface area contributed by atoms with Crippen LogP contribution in [0.3, 0.4) is 0 Å². The maximum Gasteiger partial charge on any atom is 0.338 e. The summed E-state index contributed by atoms with van der Waals surface area (Å²) in [5, 5.41) is 0. The quantitative estimate of drug-likeness (QED) is 0.774. The summed E-state index contributed by atoms with van der Waals surface area (Å²) < 4.78 is 10.2. The molecule has 0 amide bonds. The lowest BCUT2D eigenvalue weighted by Crippen LogP contribution is -2.29. The maximum atomic E-state index is 11.7. The number of hydrogen-bond donors (Lipinski definition) is 0. The minimum Gasteiger partial charge on any atom is -0.465 e. The first-order valence-corrected chi connectivity index (χ1v) is 7.13. The van der Waals surface area contributed by atoms with Gasteiger partial charge in [0.25, 0.3) is 0 Å². The monoisotopic (exact) mass is 277 g/mol. The van der Waals surface area contributed by atoms with Crippen LogP contribution in [0.15, 0.2) is 24.3 Å². The fraction of sp³-hybridized carbons (Fsp3) is 0.562. The summed E-state index contributed by atoms with van der Waals surface area (Å²) in [5.41, 5.74) is 1.68. The van der Waals surface area contributed by atoms with E-state index in [4.69, 9.17) is 9.47 Å². The zero-order chi connectivity index (χ0) is 14.4. The highest BCUT2D eigenvalue weighted by molar-refractivity contribution is 5.90. The molecule has 0 bridgehead atoms. The van der Waals surface area contributed by atoms with Gasteiger partial charge in [-0.05, 0) is 37.4 Å². The second kappa shape index (κ2) is 7.41. The molecule has 0 spiro atoms. The third-order valence-corrected chi connectivity index (χ3v) is 3.77. The Morgan fingerprint density at radius 2 is 2.05 bits per heavy atom. The highest BCUT2D eigenvalue weighted by atomic mass is 16.5. The molecule has 1 aliphatic rings. The third-order valence-electron chi connectivity index (χ3n) is 3.77. The average molecular weight is 277 g/mol. The van der Waals surface area contributed by atoms with Gasteiger partial charge in [-0.2, -0.15) is 0 Å². The molecule has 0 aromatic heterocycles. The van der Waals surface area contributed by atoms with Crippen LogP contribution in [0.2, 0.25) is 0 Å². The first-order chi connectivity index (χ1) is 9.70. The van der Waals surface area contributed by atoms with E-state index < -0.39 is 0 Å². The number of carbonyl (C=O) groups is 1. The second-order valence-corrected chi connectivity index (χ2v) is 5.40. The van der Waals surface area contributed by atoms with Crippen molar-refractivity contribution in [1.29, 1.82) is 0 Å². The Hall–Kier alpha value is -1.39. The SMILES string of the molecule is COC(=O)c1ccccc1CN(C)CC1CCOCC1. The minimum atomic E-state index is -0.264. The molecule has 4 nitrogen and oxygen atoms in total. The number of nitrogens with zero attached hydrogens (tertiary/aromatic N) is 1. The fourth-order valence-electron chi connectivity index (χ4n) is 2.69. The lowest BCUT2D eigenvalue weighted by atomic mass is 9.99. The van der Waals surface area contributed by atoms with Crippen molar-refractivity contribution in [2.75, 3.05) is 33.9 Å². The van der Waals surface area contributed by atoms with Crippen LogP contribution >= 0.6 is 0 Å². The second-order valence-electron chi connectivity index (χ2n) is 5.40. The number of carbonyl (C=O) groups excluding carboxylic acids is 1. The van der Waals surface area contributed by atoms with Crippen molar-refractivity contribution in [2.24, 2.45) is 5.92 Å². The number of rotatable bonds is 5. The molecule has 20 heavy (non-hydrogen) atoms. The normalized spacial score (nSPS) is 16.4. The van der Waals surface area contributed by atoms with E-state index in [1.165, 1.54) is 7.11 Å². The summed E-state index contributed by atoms with van der Waals surface area (Å²) in [6.07, 6.45) is 2.26. The van der Waals surface area contributed by atoms with Crippen LogP contribution in [0.4, 0.5) is 0 Å². The van der Waals surface area contributed by atoms with Gasteiger partial charge in [-0.25, -0.2) is 4.79 Å². The van der Waals surface area contributed by atoms with E-state index in [9.17, 15) is 4.79 Å². The minimum absolute atomic E-state index is 0.264. The largest absolute Gasteiger partial charge is 0.465 e. The van der Waals surface area contributed by atoms with Crippen molar-refractivity contribution in [1.82, 2.24) is 4.90 Å². The van der Waals surface area contributed by atoms with Crippen LogP contribution < -0.4 is 0 Å². The zero-order valence-electron chi connectivity index (χ0n) is 12.3. The summed E-state index contributed by atoms with van der Waals surface area (Å²) >= 11 is 0. The molecule has 1 saturated heterocycles. The molecule has 1 aromatic rings. The Balaban J connectivity index is 1.96. The number of methoxy groups -OCH3 is 1. The van der Waals surface area contributed by atoms with Crippen LogP contribution in [-0.4, -0.2) is 44.8 Å². The van der Waals surface area contributed by atoms with Gasteiger partial charge < -0.3 is 14.4 Å². The highest BCUT2D eigenvalue weighted by Gasteiger charge is 2.17. The molecule has 1 aromatic carbocycles. The molecule has 1 fully saturated rings. The molecule has 0 N–H and O–H groups in total. The smallest absolute Gasteiger partial charge is 0.338 e. The molecular weight excluding hydrogens is 254 g/mol. The molecule has 0 aliphatic carbocycles. The fourth-order valence-corrected chi connectivity index (χ4v) is 2.69. The number of ether oxygens (including phenoxy) is 2. The standard InChI is InChI=1S/C16H23NO3/c1-17(11-13-7-9-20-10-8-13)12-14-5-3-4-6-15(14)16(18)19-2/h3-6,13H,7-12H2,1-2H3. The zero-order valence-corrected chi connectivity index (χ0v) is 12.3. The predicted octanol–water partition coefficient (Wildman–Crippen LogP) is 2.33. The van der Waals surface area contributed by atoms with Gasteiger partial charge in [-0.15, -0.1) is 0 Å². The average Bonchev–Trinajstić information content (AvgIpc) is 2.48. The lowest BCUT2D eigenvalue weighted by Gasteiger charge is -2.27. The molecule has 110 valence electrons. The molecule has 2 rings (SSSR count). The summed E-state index contributed by atoms with van der Waals surface area (Å²) in [6.45, 7) is 3.55. The van der Waals surface area contributed by atoms with E-state index in [0.29, 0.717) is 11.5 Å². The van der Waals surface area contributed by atoms with Crippen LogP contribution in [0.25, 0.3) is 0 Å². The Morgan fingerprint density at radius 3 is 2.75 bits per heavy atom. The van der Waals surface area contributed by atoms with E-state index in [0.717, 1.165) is 44.7 Å². The highest BCUT2D eigenvalue weighted by Crippen LogP contribution is 2.18. The molecule has 1 aliphatic heterocycles. The Kier molecular flexibility index (Phi) is 5.56. The number of benzene rings is 1. The molecule has 0 saturated carbocycles. The topological polar surface area (TPSA) is 38.8 Å². The van der Waals surface area contributed by atoms with Gasteiger partial charge in [-0.3, -0.25) is 0 Å². The molecule has 4 heteroatoms. The van der Waals surface area contributed by atoms with Gasteiger partial charge in [0.05, 0.1) is 12.7 Å². The van der Waals surface area contributed by atoms with Gasteiger partial charge in [0, 0.05) is 26.3 Å². The van der Waals surface area contributed by atoms with Crippen molar-refractivity contribution >= 4 is 5.97 Å². The molecule has 0 unspecified atom stereocenters. The van der Waals surface area contributed by atoms with E-state index in [2.05, 4.69) is 11.9 Å². The molecular formula is C16H23NO3. The summed E-state index contributed by atoms with van der Waals surface area (Å²) in [6, 6.07) is 7.65. The summed E-state index contributed by atoms with van der Waals surface area (Å²) in [4.78, 5) is 14.0. The van der Waals surface area contributed by atoms with E-state index in [-0.39, 0.29) is 5.97 Å². The predicted molar refractivity (Wildman–Crippen MR) is 77.7 cm³/mol. The van der Waals surface area contributed by atoms with E-state index in [1.54, 1.807) is 0 Å². The van der Waals surface area contributed by atoms with Crippen LogP contribution in [0, 0.1) is 5.92 Å². The van der Waals surface area contributed by atoms with Gasteiger partial charge in [-0.1, -0.05) is 18.2 Å². The van der Waals surface area contributed by atoms with Gasteiger partial charge in [0.2, 0.25) is 0 Å². The van der Waals surface area contributed by atoms with Crippen molar-refractivity contribution < 1.29 is 14.3 Å². The molecule has 0 atom stereocenters. The van der Waals surface area contributed by atoms with Crippen LogP contribution in [-0.2, 0) is 16.0 Å². The number of hydrogen-bond acceptors (Lipinski definition) is 4. The van der Waals surface area contributed by atoms with Crippen molar-refractivity contribution in [3.05, 3.63) is 35.4 Å². The molecule has 1 heterocycles. The van der Waals surface area contributed by atoms with Gasteiger partial charge >= 0.3 is 5.97 Å². The van der Waals surface area contributed by atoms with E-state index >= 15 is 0 Å². The maximum absolute atomic E-state index is 11.7. The molecule has 0 radical (unpaired) electrons.